The minimum Gasteiger partial charge on any atom is -0.497 e. The summed E-state index contributed by atoms with van der Waals surface area (Å²) in [5.74, 6) is 0.406. The fraction of sp³-hybridized carbons (Fsp3) is 0.0625. The molecule has 0 spiro atoms. The number of urea groups is 1. The maximum absolute atomic E-state index is 12.3. The number of anilines is 2. The van der Waals surface area contributed by atoms with Gasteiger partial charge in [-0.25, -0.2) is 9.78 Å². The molecule has 0 bridgehead atoms. The van der Waals surface area contributed by atoms with E-state index in [-0.39, 0.29) is 5.91 Å². The molecule has 24 heavy (non-hydrogen) atoms. The Morgan fingerprint density at radius 3 is 2.75 bits per heavy atom. The summed E-state index contributed by atoms with van der Waals surface area (Å²) in [5.41, 5.74) is 6.69. The number of primary amides is 1. The second kappa shape index (κ2) is 6.55. The lowest BCUT2D eigenvalue weighted by Gasteiger charge is -2.05. The predicted octanol–water partition coefficient (Wildman–Crippen LogP) is 3.05. The van der Waals surface area contributed by atoms with E-state index in [1.54, 1.807) is 25.3 Å². The lowest BCUT2D eigenvalue weighted by atomic mass is 10.2. The van der Waals surface area contributed by atoms with Crippen LogP contribution in [0.4, 0.5) is 15.6 Å². The van der Waals surface area contributed by atoms with Gasteiger partial charge in [0, 0.05) is 11.3 Å². The SMILES string of the molecule is COc1ccc2nc(NC(=O)c3cccc(NC(N)=O)c3)sc2c1. The molecule has 0 saturated heterocycles. The summed E-state index contributed by atoms with van der Waals surface area (Å²) in [6.45, 7) is 0. The second-order valence-corrected chi connectivity index (χ2v) is 5.91. The van der Waals surface area contributed by atoms with E-state index >= 15 is 0 Å². The van der Waals surface area contributed by atoms with Crippen LogP contribution in [0.3, 0.4) is 0 Å². The van der Waals surface area contributed by atoms with Crippen molar-refractivity contribution in [2.24, 2.45) is 5.73 Å². The Bertz CT molecular complexity index is 923. The standard InChI is InChI=1S/C16H14N4O3S/c1-23-11-5-6-12-13(8-11)24-16(19-12)20-14(21)9-3-2-4-10(7-9)18-15(17)22/h2-8H,1H3,(H3,17,18,22)(H,19,20,21). The molecule has 0 aliphatic rings. The summed E-state index contributed by atoms with van der Waals surface area (Å²) in [6.07, 6.45) is 0. The average Bonchev–Trinajstić information content (AvgIpc) is 2.95. The Morgan fingerprint density at radius 1 is 1.17 bits per heavy atom. The molecule has 0 saturated carbocycles. The highest BCUT2D eigenvalue weighted by Crippen LogP contribution is 2.29. The van der Waals surface area contributed by atoms with Crippen LogP contribution in [-0.4, -0.2) is 24.0 Å². The van der Waals surface area contributed by atoms with Gasteiger partial charge in [0.15, 0.2) is 5.13 Å². The van der Waals surface area contributed by atoms with Crippen molar-refractivity contribution in [2.45, 2.75) is 0 Å². The van der Waals surface area contributed by atoms with E-state index in [9.17, 15) is 9.59 Å². The van der Waals surface area contributed by atoms with Crippen molar-refractivity contribution >= 4 is 44.3 Å². The number of aromatic nitrogens is 1. The molecule has 4 N–H and O–H groups in total. The monoisotopic (exact) mass is 342 g/mol. The van der Waals surface area contributed by atoms with Crippen LogP contribution < -0.4 is 21.1 Å². The van der Waals surface area contributed by atoms with Crippen LogP contribution in [-0.2, 0) is 0 Å². The molecule has 7 nitrogen and oxygen atoms in total. The lowest BCUT2D eigenvalue weighted by Crippen LogP contribution is -2.19. The number of thiazole rings is 1. The maximum Gasteiger partial charge on any atom is 0.316 e. The number of benzene rings is 2. The summed E-state index contributed by atoms with van der Waals surface area (Å²) in [5, 5.41) is 5.66. The van der Waals surface area contributed by atoms with Gasteiger partial charge in [-0.15, -0.1) is 0 Å². The number of nitrogens with one attached hydrogen (secondary N) is 2. The third-order valence-electron chi connectivity index (χ3n) is 3.21. The van der Waals surface area contributed by atoms with E-state index in [1.807, 2.05) is 18.2 Å². The van der Waals surface area contributed by atoms with E-state index in [0.717, 1.165) is 16.0 Å². The van der Waals surface area contributed by atoms with Crippen LogP contribution in [0.2, 0.25) is 0 Å². The average molecular weight is 342 g/mol. The van der Waals surface area contributed by atoms with Crippen molar-refractivity contribution in [3.05, 3.63) is 48.0 Å². The molecule has 2 aromatic carbocycles. The number of carbonyl (C=O) groups excluding carboxylic acids is 2. The molecule has 0 atom stereocenters. The fourth-order valence-corrected chi connectivity index (χ4v) is 3.02. The zero-order chi connectivity index (χ0) is 17.1. The molecule has 3 aromatic rings. The Balaban J connectivity index is 1.80. The number of carbonyl (C=O) groups is 2. The number of ether oxygens (including phenoxy) is 1. The number of hydrogen-bond acceptors (Lipinski definition) is 5. The Morgan fingerprint density at radius 2 is 2.00 bits per heavy atom. The molecular formula is C16H14N4O3S. The van der Waals surface area contributed by atoms with Gasteiger partial charge >= 0.3 is 6.03 Å². The van der Waals surface area contributed by atoms with Gasteiger partial charge in [-0.05, 0) is 36.4 Å². The normalized spacial score (nSPS) is 10.4. The molecular weight excluding hydrogens is 328 g/mol. The number of nitrogens with zero attached hydrogens (tertiary/aromatic N) is 1. The van der Waals surface area contributed by atoms with Crippen LogP contribution in [0.5, 0.6) is 5.75 Å². The second-order valence-electron chi connectivity index (χ2n) is 4.88. The Labute approximate surface area is 141 Å². The van der Waals surface area contributed by atoms with E-state index in [2.05, 4.69) is 15.6 Å². The maximum atomic E-state index is 12.3. The number of hydrogen-bond donors (Lipinski definition) is 3. The van der Waals surface area contributed by atoms with E-state index in [0.29, 0.717) is 16.4 Å². The summed E-state index contributed by atoms with van der Waals surface area (Å²) >= 11 is 1.35. The summed E-state index contributed by atoms with van der Waals surface area (Å²) < 4.78 is 6.08. The molecule has 8 heteroatoms. The Hall–Kier alpha value is -3.13. The molecule has 0 aliphatic carbocycles. The zero-order valence-electron chi connectivity index (χ0n) is 12.7. The van der Waals surface area contributed by atoms with Crippen molar-refractivity contribution in [1.82, 2.24) is 4.98 Å². The first-order valence-electron chi connectivity index (χ1n) is 6.97. The van der Waals surface area contributed by atoms with Gasteiger partial charge in [0.25, 0.3) is 5.91 Å². The van der Waals surface area contributed by atoms with Crippen LogP contribution in [0, 0.1) is 0 Å². The van der Waals surface area contributed by atoms with Crippen LogP contribution in [0.1, 0.15) is 10.4 Å². The van der Waals surface area contributed by atoms with Crippen molar-refractivity contribution < 1.29 is 14.3 Å². The van der Waals surface area contributed by atoms with Crippen molar-refractivity contribution in [3.8, 4) is 5.75 Å². The van der Waals surface area contributed by atoms with Gasteiger partial charge in [0.1, 0.15) is 5.75 Å². The van der Waals surface area contributed by atoms with Gasteiger partial charge in [-0.3, -0.25) is 10.1 Å². The third-order valence-corrected chi connectivity index (χ3v) is 4.14. The largest absolute Gasteiger partial charge is 0.497 e. The van der Waals surface area contributed by atoms with Crippen molar-refractivity contribution in [1.29, 1.82) is 0 Å². The van der Waals surface area contributed by atoms with E-state index < -0.39 is 6.03 Å². The van der Waals surface area contributed by atoms with Gasteiger partial charge < -0.3 is 15.8 Å². The minimum atomic E-state index is -0.687. The van der Waals surface area contributed by atoms with Gasteiger partial charge in [-0.2, -0.15) is 0 Å². The fourth-order valence-electron chi connectivity index (χ4n) is 2.14. The molecule has 0 fully saturated rings. The highest BCUT2D eigenvalue weighted by molar-refractivity contribution is 7.22. The molecule has 0 radical (unpaired) electrons. The van der Waals surface area contributed by atoms with Gasteiger partial charge in [0.2, 0.25) is 0 Å². The highest BCUT2D eigenvalue weighted by Gasteiger charge is 2.11. The number of fused-ring (bicyclic) bond motifs is 1. The van der Waals surface area contributed by atoms with E-state index in [1.165, 1.54) is 17.4 Å². The number of methoxy groups -OCH3 is 1. The first-order chi connectivity index (χ1) is 11.5. The van der Waals surface area contributed by atoms with Crippen LogP contribution in [0.25, 0.3) is 10.2 Å². The molecule has 0 unspecified atom stereocenters. The van der Waals surface area contributed by atoms with Gasteiger partial charge in [0.05, 0.1) is 17.3 Å². The molecule has 1 heterocycles. The molecule has 3 rings (SSSR count). The smallest absolute Gasteiger partial charge is 0.316 e. The number of nitrogens with two attached hydrogens (primary N) is 1. The molecule has 1 aromatic heterocycles. The van der Waals surface area contributed by atoms with E-state index in [4.69, 9.17) is 10.5 Å². The third kappa shape index (κ3) is 3.44. The van der Waals surface area contributed by atoms with Crippen LogP contribution in [0.15, 0.2) is 42.5 Å². The van der Waals surface area contributed by atoms with Gasteiger partial charge in [-0.1, -0.05) is 17.4 Å². The quantitative estimate of drug-likeness (QED) is 0.677. The lowest BCUT2D eigenvalue weighted by molar-refractivity contribution is 0.102. The zero-order valence-corrected chi connectivity index (χ0v) is 13.5. The minimum absolute atomic E-state index is 0.325. The summed E-state index contributed by atoms with van der Waals surface area (Å²) in [6, 6.07) is 11.3. The first kappa shape index (κ1) is 15.8. The summed E-state index contributed by atoms with van der Waals surface area (Å²) in [4.78, 5) is 27.6. The van der Waals surface area contributed by atoms with Crippen LogP contribution >= 0.6 is 11.3 Å². The Kier molecular flexibility index (Phi) is 4.30. The number of rotatable bonds is 4. The number of amides is 3. The topological polar surface area (TPSA) is 106 Å². The highest BCUT2D eigenvalue weighted by atomic mass is 32.1. The summed E-state index contributed by atoms with van der Waals surface area (Å²) in [7, 11) is 1.60. The van der Waals surface area contributed by atoms with Crippen molar-refractivity contribution in [3.63, 3.8) is 0 Å². The van der Waals surface area contributed by atoms with Crippen molar-refractivity contribution in [2.75, 3.05) is 17.7 Å². The predicted molar refractivity (Wildman–Crippen MR) is 93.8 cm³/mol. The molecule has 0 aliphatic heterocycles. The molecule has 3 amide bonds. The molecule has 122 valence electrons. The first-order valence-corrected chi connectivity index (χ1v) is 7.79.